The molecule has 0 saturated heterocycles. The van der Waals surface area contributed by atoms with Crippen molar-refractivity contribution in [2.24, 2.45) is 23.1 Å². The molecule has 4 atom stereocenters. The summed E-state index contributed by atoms with van der Waals surface area (Å²) in [5.74, 6) is 3.69. The Morgan fingerprint density at radius 2 is 2.06 bits per heavy atom. The van der Waals surface area contributed by atoms with Gasteiger partial charge in [-0.25, -0.2) is 0 Å². The van der Waals surface area contributed by atoms with Crippen molar-refractivity contribution in [1.29, 1.82) is 0 Å². The summed E-state index contributed by atoms with van der Waals surface area (Å²) in [6.07, 6.45) is 8.42. The van der Waals surface area contributed by atoms with E-state index < -0.39 is 23.6 Å². The Balaban J connectivity index is 1.61. The smallest absolute Gasteiger partial charge is 0.324 e. The number of aliphatic hydroxyl groups is 2. The van der Waals surface area contributed by atoms with E-state index in [4.69, 9.17) is 5.90 Å². The Morgan fingerprint density at radius 1 is 1.30 bits per heavy atom. The summed E-state index contributed by atoms with van der Waals surface area (Å²) >= 11 is 1.66. The summed E-state index contributed by atoms with van der Waals surface area (Å²) in [4.78, 5) is 29.3. The summed E-state index contributed by atoms with van der Waals surface area (Å²) in [5, 5.41) is 22.6. The first-order valence-electron chi connectivity index (χ1n) is 11.3. The van der Waals surface area contributed by atoms with Crippen LogP contribution in [0.25, 0.3) is 10.1 Å². The zero-order valence-corrected chi connectivity index (χ0v) is 20.0. The standard InChI is InChI=1S/C26H33NO5S/c1-26(2)24(30)20(10-5-3-4-6-12-23(29)32-27)21(25(26)31)14-13-18(28)16-19-15-17-9-7-8-11-22(17)33-19/h3,5,7-9,11,13-15,18,20-21,25,28,31H,4,6,10,12,16,27H2,1-2H3/t18?,20-,21-,25+/m1/s1. The number of benzene rings is 1. The number of thiophene rings is 1. The van der Waals surface area contributed by atoms with Crippen molar-refractivity contribution in [3.8, 4) is 0 Å². The lowest BCUT2D eigenvalue weighted by molar-refractivity contribution is -0.144. The van der Waals surface area contributed by atoms with Crippen LogP contribution < -0.4 is 5.90 Å². The van der Waals surface area contributed by atoms with E-state index in [0.29, 0.717) is 25.7 Å². The molecular formula is C26H33NO5S. The molecule has 33 heavy (non-hydrogen) atoms. The van der Waals surface area contributed by atoms with Gasteiger partial charge in [-0.15, -0.1) is 11.3 Å². The van der Waals surface area contributed by atoms with Crippen molar-refractivity contribution >= 4 is 33.2 Å². The lowest BCUT2D eigenvalue weighted by atomic mass is 9.86. The molecule has 0 radical (unpaired) electrons. The molecule has 0 bridgehead atoms. The maximum absolute atomic E-state index is 13.0. The quantitative estimate of drug-likeness (QED) is 0.273. The van der Waals surface area contributed by atoms with Gasteiger partial charge in [0.25, 0.3) is 0 Å². The van der Waals surface area contributed by atoms with E-state index in [1.807, 2.05) is 30.4 Å². The second-order valence-corrected chi connectivity index (χ2v) is 10.4. The monoisotopic (exact) mass is 471 g/mol. The van der Waals surface area contributed by atoms with Crippen LogP contribution in [0.2, 0.25) is 0 Å². The fourth-order valence-electron chi connectivity index (χ4n) is 4.46. The van der Waals surface area contributed by atoms with Gasteiger partial charge in [0, 0.05) is 34.3 Å². The maximum Gasteiger partial charge on any atom is 0.324 e. The van der Waals surface area contributed by atoms with Crippen LogP contribution in [0.5, 0.6) is 0 Å². The summed E-state index contributed by atoms with van der Waals surface area (Å²) in [7, 11) is 0. The van der Waals surface area contributed by atoms with Crippen molar-refractivity contribution < 1.29 is 24.6 Å². The molecule has 178 valence electrons. The second kappa shape index (κ2) is 11.2. The second-order valence-electron chi connectivity index (χ2n) is 9.21. The van der Waals surface area contributed by atoms with Crippen LogP contribution in [0.3, 0.4) is 0 Å². The van der Waals surface area contributed by atoms with Gasteiger partial charge in [0.05, 0.1) is 17.6 Å². The van der Waals surface area contributed by atoms with Crippen LogP contribution in [0.15, 0.2) is 54.6 Å². The molecule has 0 aliphatic heterocycles. The zero-order valence-electron chi connectivity index (χ0n) is 19.1. The molecule has 2 aromatic rings. The number of hydrogen-bond donors (Lipinski definition) is 3. The number of nitrogens with two attached hydrogens (primary N) is 1. The minimum Gasteiger partial charge on any atom is -0.391 e. The number of fused-ring (bicyclic) bond motifs is 1. The van der Waals surface area contributed by atoms with E-state index in [1.54, 1.807) is 31.3 Å². The van der Waals surface area contributed by atoms with Gasteiger partial charge in [-0.3, -0.25) is 9.59 Å². The van der Waals surface area contributed by atoms with Crippen molar-refractivity contribution in [3.05, 3.63) is 59.5 Å². The highest BCUT2D eigenvalue weighted by Gasteiger charge is 2.52. The van der Waals surface area contributed by atoms with E-state index in [1.165, 1.54) is 10.1 Å². The van der Waals surface area contributed by atoms with E-state index in [0.717, 1.165) is 4.88 Å². The highest BCUT2D eigenvalue weighted by Crippen LogP contribution is 2.44. The topological polar surface area (TPSA) is 110 Å². The summed E-state index contributed by atoms with van der Waals surface area (Å²) in [6, 6.07) is 10.2. The van der Waals surface area contributed by atoms with Gasteiger partial charge >= 0.3 is 5.97 Å². The number of Topliss-reactive ketones (excluding diaryl/α,β-unsaturated/α-hetero) is 1. The first-order valence-corrected chi connectivity index (χ1v) is 12.2. The molecule has 7 heteroatoms. The molecule has 1 saturated carbocycles. The summed E-state index contributed by atoms with van der Waals surface area (Å²) in [5.41, 5.74) is -0.838. The molecule has 1 aromatic heterocycles. The lowest BCUT2D eigenvalue weighted by Gasteiger charge is -2.22. The first-order chi connectivity index (χ1) is 15.7. The molecule has 1 aliphatic rings. The molecule has 6 nitrogen and oxygen atoms in total. The van der Waals surface area contributed by atoms with Gasteiger partial charge in [0.15, 0.2) is 0 Å². The average Bonchev–Trinajstić information content (AvgIpc) is 3.26. The fourth-order valence-corrected chi connectivity index (χ4v) is 5.57. The van der Waals surface area contributed by atoms with Gasteiger partial charge in [-0.05, 0) is 36.8 Å². The number of carbonyl (C=O) groups excluding carboxylic acids is 2. The van der Waals surface area contributed by atoms with Crippen LogP contribution >= 0.6 is 11.3 Å². The Hall–Kier alpha value is -2.32. The predicted molar refractivity (Wildman–Crippen MR) is 130 cm³/mol. The largest absolute Gasteiger partial charge is 0.391 e. The summed E-state index contributed by atoms with van der Waals surface area (Å²) in [6.45, 7) is 3.55. The van der Waals surface area contributed by atoms with E-state index in [9.17, 15) is 19.8 Å². The molecule has 1 fully saturated rings. The molecule has 0 spiro atoms. The normalized spacial score (nSPS) is 23.7. The number of hydrogen-bond acceptors (Lipinski definition) is 7. The minimum absolute atomic E-state index is 0.0278. The molecule has 3 rings (SSSR count). The van der Waals surface area contributed by atoms with Crippen LogP contribution in [-0.4, -0.2) is 34.2 Å². The van der Waals surface area contributed by atoms with Crippen LogP contribution in [0.4, 0.5) is 0 Å². The third-order valence-corrected chi connectivity index (χ3v) is 7.56. The number of rotatable bonds is 10. The molecule has 1 heterocycles. The van der Waals surface area contributed by atoms with Crippen molar-refractivity contribution in [3.63, 3.8) is 0 Å². The molecule has 1 aromatic carbocycles. The number of ketones is 1. The fraction of sp³-hybridized carbons (Fsp3) is 0.462. The Bertz CT molecular complexity index is 992. The van der Waals surface area contributed by atoms with Crippen LogP contribution in [0, 0.1) is 17.3 Å². The number of aliphatic hydroxyl groups excluding tert-OH is 2. The molecular weight excluding hydrogens is 438 g/mol. The van der Waals surface area contributed by atoms with Gasteiger partial charge in [-0.1, -0.05) is 56.4 Å². The molecule has 4 N–H and O–H groups in total. The number of carbonyl (C=O) groups is 2. The SMILES string of the molecule is CC1(C)C(=O)[C@H](CC=CCCCC(=O)ON)[C@@H](C=CC(O)Cc2cc3ccccc3s2)[C@@H]1O. The number of allylic oxidation sites excluding steroid dienone is 2. The van der Waals surface area contributed by atoms with Crippen molar-refractivity contribution in [2.75, 3.05) is 0 Å². The van der Waals surface area contributed by atoms with Gasteiger partial charge in [-0.2, -0.15) is 5.90 Å². The summed E-state index contributed by atoms with van der Waals surface area (Å²) < 4.78 is 1.19. The Morgan fingerprint density at radius 3 is 2.79 bits per heavy atom. The average molecular weight is 472 g/mol. The Kier molecular flexibility index (Phi) is 8.59. The molecule has 0 amide bonds. The van der Waals surface area contributed by atoms with Gasteiger partial charge < -0.3 is 15.1 Å². The third-order valence-electron chi connectivity index (χ3n) is 6.42. The third kappa shape index (κ3) is 6.18. The highest BCUT2D eigenvalue weighted by atomic mass is 32.1. The zero-order chi connectivity index (χ0) is 24.0. The van der Waals surface area contributed by atoms with E-state index >= 15 is 0 Å². The van der Waals surface area contributed by atoms with Crippen molar-refractivity contribution in [1.82, 2.24) is 0 Å². The lowest BCUT2D eigenvalue weighted by Crippen LogP contribution is -2.31. The van der Waals surface area contributed by atoms with E-state index in [2.05, 4.69) is 23.0 Å². The van der Waals surface area contributed by atoms with Crippen LogP contribution in [-0.2, 0) is 20.8 Å². The highest BCUT2D eigenvalue weighted by molar-refractivity contribution is 7.19. The minimum atomic E-state index is -0.838. The number of unbranched alkanes of at least 4 members (excludes halogenated alkanes) is 1. The van der Waals surface area contributed by atoms with Gasteiger partial charge in [0.1, 0.15) is 5.78 Å². The Labute approximate surface area is 198 Å². The predicted octanol–water partition coefficient (Wildman–Crippen LogP) is 4.10. The van der Waals surface area contributed by atoms with Crippen LogP contribution in [0.1, 0.15) is 44.4 Å². The molecule has 1 aliphatic carbocycles. The van der Waals surface area contributed by atoms with Gasteiger partial charge in [0.2, 0.25) is 0 Å². The maximum atomic E-state index is 13.0. The first kappa shape index (κ1) is 25.3. The molecule has 1 unspecified atom stereocenters. The van der Waals surface area contributed by atoms with Crippen molar-refractivity contribution in [2.45, 2.75) is 58.2 Å². The van der Waals surface area contributed by atoms with E-state index in [-0.39, 0.29) is 24.0 Å².